The SMILES string of the molecule is CCCCCO[PH](=O)OCCCCC.CCCCCO[PH](=O)OCCCCC.[Zn]. The van der Waals surface area contributed by atoms with Crippen LogP contribution in [-0.4, -0.2) is 26.4 Å². The summed E-state index contributed by atoms with van der Waals surface area (Å²) in [5.41, 5.74) is 0. The van der Waals surface area contributed by atoms with Crippen molar-refractivity contribution < 1.29 is 46.7 Å². The second kappa shape index (κ2) is 31.1. The van der Waals surface area contributed by atoms with Crippen LogP contribution in [0.2, 0.25) is 0 Å². The number of hydrogen-bond donors (Lipinski definition) is 0. The molecule has 0 radical (unpaired) electrons. The second-order valence-electron chi connectivity index (χ2n) is 6.72. The molecule has 0 fully saturated rings. The van der Waals surface area contributed by atoms with Crippen LogP contribution in [0.5, 0.6) is 0 Å². The normalized spacial score (nSPS) is 10.7. The maximum Gasteiger partial charge on any atom is 0.319 e. The molecule has 0 amide bonds. The summed E-state index contributed by atoms with van der Waals surface area (Å²) < 4.78 is 42.4. The van der Waals surface area contributed by atoms with E-state index in [4.69, 9.17) is 18.1 Å². The van der Waals surface area contributed by atoms with E-state index in [9.17, 15) is 9.13 Å². The minimum absolute atomic E-state index is 0. The zero-order chi connectivity index (χ0) is 21.3. The molecule has 0 aliphatic carbocycles. The van der Waals surface area contributed by atoms with Crippen molar-refractivity contribution in [2.75, 3.05) is 26.4 Å². The van der Waals surface area contributed by atoms with Crippen LogP contribution < -0.4 is 0 Å². The van der Waals surface area contributed by atoms with Gasteiger partial charge in [-0.2, -0.15) is 0 Å². The molecule has 29 heavy (non-hydrogen) atoms. The van der Waals surface area contributed by atoms with Crippen LogP contribution in [-0.2, 0) is 46.7 Å². The first kappa shape index (κ1) is 34.5. The predicted octanol–water partition coefficient (Wildman–Crippen LogP) is 7.58. The summed E-state index contributed by atoms with van der Waals surface area (Å²) in [6.45, 7) is 10.8. The van der Waals surface area contributed by atoms with E-state index < -0.39 is 16.5 Å². The van der Waals surface area contributed by atoms with E-state index in [-0.39, 0.29) is 19.5 Å². The average molecular weight is 510 g/mol. The second-order valence-corrected chi connectivity index (χ2v) is 8.88. The molecule has 0 bridgehead atoms. The van der Waals surface area contributed by atoms with Gasteiger partial charge in [-0.05, 0) is 25.7 Å². The first-order valence-electron chi connectivity index (χ1n) is 11.2. The third kappa shape index (κ3) is 33.8. The zero-order valence-electron chi connectivity index (χ0n) is 19.5. The van der Waals surface area contributed by atoms with Gasteiger partial charge >= 0.3 is 16.5 Å². The van der Waals surface area contributed by atoms with Gasteiger partial charge in [0.25, 0.3) is 0 Å². The molecule has 6 nitrogen and oxygen atoms in total. The van der Waals surface area contributed by atoms with Gasteiger partial charge in [0.05, 0.1) is 26.4 Å². The standard InChI is InChI=1S/2C10H23O3P.Zn/c2*1-3-5-7-9-12-14(11)13-10-8-6-4-2;/h2*14H,3-10H2,1-2H3;. The molecule has 0 saturated carbocycles. The predicted molar refractivity (Wildman–Crippen MR) is 120 cm³/mol. The fourth-order valence-electron chi connectivity index (χ4n) is 2.11. The summed E-state index contributed by atoms with van der Waals surface area (Å²) >= 11 is 0. The first-order valence-corrected chi connectivity index (χ1v) is 13.7. The van der Waals surface area contributed by atoms with Crippen LogP contribution in [0.3, 0.4) is 0 Å². The van der Waals surface area contributed by atoms with E-state index in [0.29, 0.717) is 26.4 Å². The zero-order valence-corrected chi connectivity index (χ0v) is 24.4. The Bertz CT molecular complexity index is 289. The molecule has 0 atom stereocenters. The van der Waals surface area contributed by atoms with Gasteiger partial charge in [-0.3, -0.25) is 9.13 Å². The smallest absolute Gasteiger partial charge is 0.311 e. The summed E-state index contributed by atoms with van der Waals surface area (Å²) in [4.78, 5) is 0. The quantitative estimate of drug-likeness (QED) is 0.0957. The van der Waals surface area contributed by atoms with Gasteiger partial charge in [-0.25, -0.2) is 0 Å². The van der Waals surface area contributed by atoms with E-state index in [1.165, 1.54) is 0 Å². The molecule has 174 valence electrons. The molecule has 0 aromatic heterocycles. The topological polar surface area (TPSA) is 71.1 Å². The molecule has 0 aliphatic rings. The van der Waals surface area contributed by atoms with E-state index >= 15 is 0 Å². The van der Waals surface area contributed by atoms with Crippen LogP contribution in [0.1, 0.15) is 105 Å². The number of hydrogen-bond acceptors (Lipinski definition) is 6. The minimum atomic E-state index is -2.20. The summed E-state index contributed by atoms with van der Waals surface area (Å²) in [7, 11) is -4.40. The number of rotatable bonds is 20. The Morgan fingerprint density at radius 2 is 0.655 bits per heavy atom. The Hall–Kier alpha value is 0.923. The molecule has 0 rings (SSSR count). The van der Waals surface area contributed by atoms with E-state index in [1.807, 2.05) is 0 Å². The van der Waals surface area contributed by atoms with Crippen molar-refractivity contribution in [3.05, 3.63) is 0 Å². The monoisotopic (exact) mass is 508 g/mol. The molecule has 0 spiro atoms. The fraction of sp³-hybridized carbons (Fsp3) is 1.00. The Balaban J connectivity index is -0.000000451. The minimum Gasteiger partial charge on any atom is -0.311 e. The molecule has 0 heterocycles. The van der Waals surface area contributed by atoms with Gasteiger partial charge in [0.15, 0.2) is 0 Å². The van der Waals surface area contributed by atoms with Crippen molar-refractivity contribution >= 4 is 16.5 Å². The van der Waals surface area contributed by atoms with Gasteiger partial charge in [-0.1, -0.05) is 79.1 Å². The van der Waals surface area contributed by atoms with Crippen molar-refractivity contribution in [3.63, 3.8) is 0 Å². The van der Waals surface area contributed by atoms with Gasteiger partial charge < -0.3 is 18.1 Å². The Kier molecular flexibility index (Phi) is 37.0. The molecular weight excluding hydrogens is 464 g/mol. The third-order valence-electron chi connectivity index (χ3n) is 3.87. The molecule has 0 aromatic carbocycles. The van der Waals surface area contributed by atoms with E-state index in [0.717, 1.165) is 77.0 Å². The van der Waals surface area contributed by atoms with Gasteiger partial charge in [-0.15, -0.1) is 0 Å². The third-order valence-corrected chi connectivity index (χ3v) is 5.63. The van der Waals surface area contributed by atoms with Gasteiger partial charge in [0.1, 0.15) is 0 Å². The summed E-state index contributed by atoms with van der Waals surface area (Å²) in [6, 6.07) is 0. The molecular formula is C20H46O6P2Zn. The van der Waals surface area contributed by atoms with Crippen molar-refractivity contribution in [3.8, 4) is 0 Å². The Morgan fingerprint density at radius 3 is 0.828 bits per heavy atom. The van der Waals surface area contributed by atoms with Crippen molar-refractivity contribution in [2.24, 2.45) is 0 Å². The van der Waals surface area contributed by atoms with Gasteiger partial charge in [0, 0.05) is 19.5 Å². The summed E-state index contributed by atoms with van der Waals surface area (Å²) in [6.07, 6.45) is 13.0. The Labute approximate surface area is 194 Å². The van der Waals surface area contributed by atoms with Crippen LogP contribution in [0.25, 0.3) is 0 Å². The fourth-order valence-corrected chi connectivity index (χ4v) is 3.52. The van der Waals surface area contributed by atoms with Crippen molar-refractivity contribution in [1.29, 1.82) is 0 Å². The average Bonchev–Trinajstić information content (AvgIpc) is 2.70. The molecule has 9 heteroatoms. The maximum absolute atomic E-state index is 11.1. The van der Waals surface area contributed by atoms with Crippen LogP contribution >= 0.6 is 16.5 Å². The van der Waals surface area contributed by atoms with Crippen molar-refractivity contribution in [2.45, 2.75) is 105 Å². The van der Waals surface area contributed by atoms with Crippen molar-refractivity contribution in [1.82, 2.24) is 0 Å². The molecule has 0 unspecified atom stereocenters. The summed E-state index contributed by atoms with van der Waals surface area (Å²) in [5.74, 6) is 0. The maximum atomic E-state index is 11.1. The molecule has 0 saturated heterocycles. The largest absolute Gasteiger partial charge is 0.319 e. The van der Waals surface area contributed by atoms with Gasteiger partial charge in [0.2, 0.25) is 0 Å². The first-order chi connectivity index (χ1) is 13.6. The van der Waals surface area contributed by atoms with Crippen LogP contribution in [0.15, 0.2) is 0 Å². The Morgan fingerprint density at radius 1 is 0.448 bits per heavy atom. The number of unbranched alkanes of at least 4 members (excludes halogenated alkanes) is 8. The molecule has 0 N–H and O–H groups in total. The molecule has 0 aliphatic heterocycles. The summed E-state index contributed by atoms with van der Waals surface area (Å²) in [5, 5.41) is 0. The van der Waals surface area contributed by atoms with Crippen LogP contribution in [0, 0.1) is 0 Å². The van der Waals surface area contributed by atoms with E-state index in [2.05, 4.69) is 27.7 Å². The van der Waals surface area contributed by atoms with E-state index in [1.54, 1.807) is 0 Å². The molecule has 0 aromatic rings. The van der Waals surface area contributed by atoms with Crippen LogP contribution in [0.4, 0.5) is 0 Å².